The summed E-state index contributed by atoms with van der Waals surface area (Å²) < 4.78 is 63.7. The van der Waals surface area contributed by atoms with Crippen LogP contribution in [0.1, 0.15) is 44.1 Å². The number of halogens is 3. The van der Waals surface area contributed by atoms with Gasteiger partial charge in [-0.05, 0) is 74.7 Å². The van der Waals surface area contributed by atoms with Crippen LogP contribution in [0.15, 0.2) is 24.3 Å². The highest BCUT2D eigenvalue weighted by atomic mass is 32.2. The molecule has 186 valence electrons. The number of alkyl halides is 3. The van der Waals surface area contributed by atoms with Gasteiger partial charge in [-0.15, -0.1) is 0 Å². The lowest BCUT2D eigenvalue weighted by molar-refractivity contribution is -0.192. The van der Waals surface area contributed by atoms with Gasteiger partial charge in [-0.3, -0.25) is 4.90 Å². The zero-order valence-corrected chi connectivity index (χ0v) is 19.5. The Morgan fingerprint density at radius 2 is 1.67 bits per heavy atom. The Labute approximate surface area is 192 Å². The van der Waals surface area contributed by atoms with Gasteiger partial charge in [0.05, 0.1) is 12.4 Å². The van der Waals surface area contributed by atoms with Crippen molar-refractivity contribution < 1.29 is 36.2 Å². The summed E-state index contributed by atoms with van der Waals surface area (Å²) in [6.45, 7) is 4.64. The van der Waals surface area contributed by atoms with E-state index in [0.29, 0.717) is 5.41 Å². The number of hydrogen-bond acceptors (Lipinski definition) is 5. The summed E-state index contributed by atoms with van der Waals surface area (Å²) in [5, 5.41) is 7.06. The number of ether oxygens (including phenoxy) is 1. The third-order valence-electron chi connectivity index (χ3n) is 6.79. The predicted octanol–water partition coefficient (Wildman–Crippen LogP) is 3.50. The van der Waals surface area contributed by atoms with Crippen LogP contribution < -0.4 is 4.74 Å². The number of benzene rings is 1. The van der Waals surface area contributed by atoms with Crippen molar-refractivity contribution >= 4 is 16.0 Å². The molecule has 0 unspecified atom stereocenters. The second-order valence-electron chi connectivity index (χ2n) is 9.07. The fourth-order valence-electron chi connectivity index (χ4n) is 4.51. The summed E-state index contributed by atoms with van der Waals surface area (Å²) in [6.07, 6.45) is 1.09. The smallest absolute Gasteiger partial charge is 0.490 e. The van der Waals surface area contributed by atoms with Gasteiger partial charge in [-0.2, -0.15) is 13.2 Å². The lowest BCUT2D eigenvalue weighted by atomic mass is 9.71. The Bertz CT molecular complexity index is 916. The predicted molar refractivity (Wildman–Crippen MR) is 116 cm³/mol. The van der Waals surface area contributed by atoms with Gasteiger partial charge in [0.2, 0.25) is 10.0 Å². The number of methoxy groups -OCH3 is 1. The number of rotatable bonds is 5. The minimum atomic E-state index is -5.08. The Hall–Kier alpha value is -1.85. The Morgan fingerprint density at radius 3 is 2.15 bits per heavy atom. The summed E-state index contributed by atoms with van der Waals surface area (Å²) in [5.41, 5.74) is 1.66. The quantitative estimate of drug-likeness (QED) is 0.677. The molecule has 3 fully saturated rings. The van der Waals surface area contributed by atoms with Gasteiger partial charge in [0.1, 0.15) is 5.75 Å². The van der Waals surface area contributed by atoms with Crippen LogP contribution >= 0.6 is 0 Å². The SMILES string of the molecule is COc1cccc(CN2CCC3(CC2)CCN(S(=O)(=O)C2CC2)CC3)c1.O=C(O)C(F)(F)F. The molecule has 1 aromatic rings. The van der Waals surface area contributed by atoms with Crippen LogP contribution in [0.5, 0.6) is 5.75 Å². The number of piperidine rings is 2. The van der Waals surface area contributed by atoms with Crippen LogP contribution in [-0.4, -0.2) is 73.4 Å². The van der Waals surface area contributed by atoms with Crippen LogP contribution in [0.2, 0.25) is 0 Å². The fraction of sp³-hybridized carbons (Fsp3) is 0.682. The first-order chi connectivity index (χ1) is 15.4. The maximum Gasteiger partial charge on any atom is 0.490 e. The van der Waals surface area contributed by atoms with Crippen molar-refractivity contribution in [1.29, 1.82) is 0 Å². The van der Waals surface area contributed by atoms with E-state index in [2.05, 4.69) is 23.1 Å². The van der Waals surface area contributed by atoms with Gasteiger partial charge in [-0.25, -0.2) is 17.5 Å². The molecule has 1 spiro atoms. The number of nitrogens with zero attached hydrogens (tertiary/aromatic N) is 2. The lowest BCUT2D eigenvalue weighted by Gasteiger charge is -2.46. The zero-order chi connectivity index (χ0) is 24.3. The van der Waals surface area contributed by atoms with E-state index >= 15 is 0 Å². The van der Waals surface area contributed by atoms with Crippen molar-refractivity contribution in [3.63, 3.8) is 0 Å². The summed E-state index contributed by atoms with van der Waals surface area (Å²) in [4.78, 5) is 11.4. The summed E-state index contributed by atoms with van der Waals surface area (Å²) >= 11 is 0. The number of sulfonamides is 1. The molecule has 0 atom stereocenters. The number of carboxylic acid groups (broad SMARTS) is 1. The number of likely N-dealkylation sites (tertiary alicyclic amines) is 1. The number of carbonyl (C=O) groups is 1. The van der Waals surface area contributed by atoms with Crippen LogP contribution in [0, 0.1) is 5.41 Å². The molecule has 7 nitrogen and oxygen atoms in total. The highest BCUT2D eigenvalue weighted by Gasteiger charge is 2.45. The van der Waals surface area contributed by atoms with Crippen molar-refractivity contribution in [1.82, 2.24) is 9.21 Å². The molecule has 1 aliphatic carbocycles. The van der Waals surface area contributed by atoms with Crippen molar-refractivity contribution in [2.45, 2.75) is 56.5 Å². The van der Waals surface area contributed by atoms with Gasteiger partial charge < -0.3 is 9.84 Å². The first-order valence-corrected chi connectivity index (χ1v) is 12.6. The van der Waals surface area contributed by atoms with E-state index in [1.807, 2.05) is 6.07 Å². The molecule has 0 amide bonds. The Balaban J connectivity index is 0.000000383. The Kier molecular flexibility index (Phi) is 7.95. The molecular weight excluding hydrogens is 461 g/mol. The molecule has 0 aromatic heterocycles. The summed E-state index contributed by atoms with van der Waals surface area (Å²) in [5.74, 6) is -1.84. The van der Waals surface area contributed by atoms with Crippen LogP contribution in [0.4, 0.5) is 13.2 Å². The average Bonchev–Trinajstić information content (AvgIpc) is 3.62. The number of aliphatic carboxylic acids is 1. The van der Waals surface area contributed by atoms with Crippen molar-refractivity contribution in [3.8, 4) is 5.75 Å². The molecule has 33 heavy (non-hydrogen) atoms. The molecule has 1 N–H and O–H groups in total. The number of hydrogen-bond donors (Lipinski definition) is 1. The zero-order valence-electron chi connectivity index (χ0n) is 18.7. The minimum Gasteiger partial charge on any atom is -0.497 e. The van der Waals surface area contributed by atoms with Crippen molar-refractivity contribution in [3.05, 3.63) is 29.8 Å². The molecule has 0 bridgehead atoms. The molecule has 11 heteroatoms. The maximum absolute atomic E-state index is 12.4. The van der Waals surface area contributed by atoms with E-state index in [-0.39, 0.29) is 5.25 Å². The van der Waals surface area contributed by atoms with Crippen molar-refractivity contribution in [2.75, 3.05) is 33.3 Å². The highest BCUT2D eigenvalue weighted by molar-refractivity contribution is 7.90. The second-order valence-corrected chi connectivity index (χ2v) is 11.3. The molecule has 2 saturated heterocycles. The molecule has 1 saturated carbocycles. The number of carboxylic acids is 1. The van der Waals surface area contributed by atoms with Gasteiger partial charge >= 0.3 is 12.1 Å². The van der Waals surface area contributed by atoms with E-state index in [0.717, 1.165) is 64.2 Å². The standard InChI is InChI=1S/C20H30N2O3S.C2HF3O2/c1-25-18-4-2-3-17(15-18)16-21-11-7-20(8-12-21)9-13-22(14-10-20)26(23,24)19-5-6-19;3-2(4,5)1(6)7/h2-4,15,19H,5-14,16H2,1H3;(H,6,7). The molecule has 2 heterocycles. The third-order valence-corrected chi connectivity index (χ3v) is 9.19. The van der Waals surface area contributed by atoms with Gasteiger partial charge in [0.25, 0.3) is 0 Å². The third kappa shape index (κ3) is 6.83. The molecule has 4 rings (SSSR count). The normalized spacial score (nSPS) is 21.8. The molecule has 3 aliphatic rings. The summed E-state index contributed by atoms with van der Waals surface area (Å²) in [7, 11) is -1.28. The lowest BCUT2D eigenvalue weighted by Crippen LogP contribution is -2.48. The minimum absolute atomic E-state index is 0.0683. The molecule has 1 aromatic carbocycles. The van der Waals surface area contributed by atoms with E-state index in [4.69, 9.17) is 14.6 Å². The monoisotopic (exact) mass is 492 g/mol. The molecule has 2 aliphatic heterocycles. The molecule has 0 radical (unpaired) electrons. The first kappa shape index (κ1) is 25.8. The second kappa shape index (κ2) is 10.2. The molecular formula is C22H31F3N2O5S. The Morgan fingerprint density at radius 1 is 1.12 bits per heavy atom. The van der Waals surface area contributed by atoms with E-state index in [1.165, 1.54) is 18.4 Å². The van der Waals surface area contributed by atoms with E-state index < -0.39 is 22.2 Å². The van der Waals surface area contributed by atoms with Crippen LogP contribution in [-0.2, 0) is 21.4 Å². The van der Waals surface area contributed by atoms with E-state index in [1.54, 1.807) is 11.4 Å². The summed E-state index contributed by atoms with van der Waals surface area (Å²) in [6, 6.07) is 8.31. The van der Waals surface area contributed by atoms with Gasteiger partial charge in [-0.1, -0.05) is 12.1 Å². The highest BCUT2D eigenvalue weighted by Crippen LogP contribution is 2.43. The van der Waals surface area contributed by atoms with Crippen LogP contribution in [0.3, 0.4) is 0 Å². The van der Waals surface area contributed by atoms with Gasteiger partial charge in [0.15, 0.2) is 0 Å². The van der Waals surface area contributed by atoms with Gasteiger partial charge in [0, 0.05) is 19.6 Å². The average molecular weight is 493 g/mol. The van der Waals surface area contributed by atoms with E-state index in [9.17, 15) is 21.6 Å². The maximum atomic E-state index is 12.4. The van der Waals surface area contributed by atoms with Crippen LogP contribution in [0.25, 0.3) is 0 Å². The fourth-order valence-corrected chi connectivity index (χ4v) is 6.35. The first-order valence-electron chi connectivity index (χ1n) is 11.1. The topological polar surface area (TPSA) is 87.2 Å². The van der Waals surface area contributed by atoms with Crippen molar-refractivity contribution in [2.24, 2.45) is 5.41 Å². The largest absolute Gasteiger partial charge is 0.497 e.